The molecule has 0 unspecified atom stereocenters. The quantitative estimate of drug-likeness (QED) is 0.804. The lowest BCUT2D eigenvalue weighted by atomic mass is 9.79. The van der Waals surface area contributed by atoms with Crippen LogP contribution in [0.3, 0.4) is 0 Å². The third-order valence-electron chi connectivity index (χ3n) is 4.18. The van der Waals surface area contributed by atoms with Gasteiger partial charge in [0, 0.05) is 12.2 Å². The van der Waals surface area contributed by atoms with Gasteiger partial charge in [0.2, 0.25) is 0 Å². The maximum absolute atomic E-state index is 6.15. The molecule has 1 aromatic heterocycles. The van der Waals surface area contributed by atoms with Crippen molar-refractivity contribution in [3.8, 4) is 0 Å². The molecule has 2 rings (SSSR count). The van der Waals surface area contributed by atoms with E-state index in [4.69, 9.17) is 11.6 Å². The summed E-state index contributed by atoms with van der Waals surface area (Å²) < 4.78 is 0. The van der Waals surface area contributed by atoms with Gasteiger partial charge in [0.1, 0.15) is 0 Å². The van der Waals surface area contributed by atoms with Gasteiger partial charge in [-0.15, -0.1) is 0 Å². The van der Waals surface area contributed by atoms with Crippen LogP contribution in [-0.2, 0) is 0 Å². The molecule has 18 heavy (non-hydrogen) atoms. The fourth-order valence-corrected chi connectivity index (χ4v) is 3.09. The van der Waals surface area contributed by atoms with E-state index in [1.54, 1.807) is 6.20 Å². The summed E-state index contributed by atoms with van der Waals surface area (Å²) in [6.07, 6.45) is 6.90. The molecule has 3 heteroatoms. The van der Waals surface area contributed by atoms with E-state index in [2.05, 4.69) is 31.1 Å². The van der Waals surface area contributed by atoms with E-state index >= 15 is 0 Å². The summed E-state index contributed by atoms with van der Waals surface area (Å²) >= 11 is 6.15. The molecule has 0 saturated heterocycles. The van der Waals surface area contributed by atoms with Gasteiger partial charge in [-0.3, -0.25) is 0 Å². The highest BCUT2D eigenvalue weighted by Crippen LogP contribution is 2.33. The second-order valence-corrected chi connectivity index (χ2v) is 6.15. The lowest BCUT2D eigenvalue weighted by Crippen LogP contribution is -2.28. The van der Waals surface area contributed by atoms with Gasteiger partial charge in [-0.05, 0) is 56.1 Å². The van der Waals surface area contributed by atoms with Gasteiger partial charge in [0.25, 0.3) is 0 Å². The number of nitrogens with one attached hydrogen (secondary N) is 1. The second kappa shape index (κ2) is 5.92. The topological polar surface area (TPSA) is 24.9 Å². The van der Waals surface area contributed by atoms with Crippen LogP contribution in [0.2, 0.25) is 5.15 Å². The van der Waals surface area contributed by atoms with Crippen LogP contribution in [-0.4, -0.2) is 11.0 Å². The van der Waals surface area contributed by atoms with Crippen LogP contribution in [0.5, 0.6) is 0 Å². The standard InChI is InChI=1S/C15H23ClN2/c1-10(2)12-4-6-13(7-5-12)18-14-11(3)8-9-17-15(14)16/h8-10,12-13,18H,4-7H2,1-3H3. The number of hydrogen-bond acceptors (Lipinski definition) is 2. The summed E-state index contributed by atoms with van der Waals surface area (Å²) in [5, 5.41) is 4.18. The van der Waals surface area contributed by atoms with Crippen LogP contribution in [0.1, 0.15) is 45.1 Å². The number of aryl methyl sites for hydroxylation is 1. The molecule has 0 aliphatic heterocycles. The smallest absolute Gasteiger partial charge is 0.152 e. The highest BCUT2D eigenvalue weighted by atomic mass is 35.5. The second-order valence-electron chi connectivity index (χ2n) is 5.79. The molecule has 1 saturated carbocycles. The summed E-state index contributed by atoms with van der Waals surface area (Å²) in [6.45, 7) is 6.75. The molecular formula is C15H23ClN2. The number of nitrogens with zero attached hydrogens (tertiary/aromatic N) is 1. The molecule has 100 valence electrons. The van der Waals surface area contributed by atoms with Crippen LogP contribution >= 0.6 is 11.6 Å². The van der Waals surface area contributed by atoms with Crippen molar-refractivity contribution in [2.75, 3.05) is 5.32 Å². The number of aromatic nitrogens is 1. The Hall–Kier alpha value is -0.760. The van der Waals surface area contributed by atoms with Gasteiger partial charge in [0.05, 0.1) is 5.69 Å². The van der Waals surface area contributed by atoms with Crippen LogP contribution in [0, 0.1) is 18.8 Å². The van der Waals surface area contributed by atoms with Crippen molar-refractivity contribution in [2.24, 2.45) is 11.8 Å². The zero-order valence-electron chi connectivity index (χ0n) is 11.5. The predicted octanol–water partition coefficient (Wildman–Crippen LogP) is 4.67. The zero-order chi connectivity index (χ0) is 13.1. The fourth-order valence-electron chi connectivity index (χ4n) is 2.83. The first kappa shape index (κ1) is 13.7. The molecule has 1 aliphatic rings. The van der Waals surface area contributed by atoms with E-state index < -0.39 is 0 Å². The molecule has 1 fully saturated rings. The zero-order valence-corrected chi connectivity index (χ0v) is 12.3. The Kier molecular flexibility index (Phi) is 4.50. The lowest BCUT2D eigenvalue weighted by molar-refractivity contribution is 0.267. The molecule has 1 N–H and O–H groups in total. The van der Waals surface area contributed by atoms with Crippen molar-refractivity contribution in [2.45, 2.75) is 52.5 Å². The summed E-state index contributed by atoms with van der Waals surface area (Å²) in [4.78, 5) is 4.15. The number of hydrogen-bond donors (Lipinski definition) is 1. The van der Waals surface area contributed by atoms with Gasteiger partial charge in [-0.1, -0.05) is 25.4 Å². The minimum atomic E-state index is 0.556. The maximum atomic E-state index is 6.15. The van der Waals surface area contributed by atoms with Gasteiger partial charge in [0.15, 0.2) is 5.15 Å². The Morgan fingerprint density at radius 2 is 1.94 bits per heavy atom. The van der Waals surface area contributed by atoms with Crippen molar-refractivity contribution in [1.29, 1.82) is 0 Å². The third kappa shape index (κ3) is 3.17. The van der Waals surface area contributed by atoms with E-state index in [9.17, 15) is 0 Å². The van der Waals surface area contributed by atoms with Crippen LogP contribution in [0.4, 0.5) is 5.69 Å². The van der Waals surface area contributed by atoms with Crippen LogP contribution in [0.15, 0.2) is 12.3 Å². The molecule has 1 aliphatic carbocycles. The Bertz CT molecular complexity index is 375. The molecule has 0 bridgehead atoms. The van der Waals surface area contributed by atoms with Crippen molar-refractivity contribution in [1.82, 2.24) is 4.98 Å². The molecule has 0 aromatic carbocycles. The van der Waals surface area contributed by atoms with Crippen molar-refractivity contribution in [3.63, 3.8) is 0 Å². The van der Waals surface area contributed by atoms with Crippen LogP contribution < -0.4 is 5.32 Å². The van der Waals surface area contributed by atoms with Crippen molar-refractivity contribution in [3.05, 3.63) is 23.0 Å². The molecule has 1 aromatic rings. The number of halogens is 1. The van der Waals surface area contributed by atoms with Crippen molar-refractivity contribution < 1.29 is 0 Å². The highest BCUT2D eigenvalue weighted by molar-refractivity contribution is 6.32. The fraction of sp³-hybridized carbons (Fsp3) is 0.667. The average molecular weight is 267 g/mol. The minimum Gasteiger partial charge on any atom is -0.380 e. The largest absolute Gasteiger partial charge is 0.380 e. The van der Waals surface area contributed by atoms with E-state index in [1.165, 1.54) is 31.2 Å². The van der Waals surface area contributed by atoms with E-state index in [-0.39, 0.29) is 0 Å². The molecule has 0 amide bonds. The Balaban J connectivity index is 1.96. The number of rotatable bonds is 3. The van der Waals surface area contributed by atoms with Gasteiger partial charge in [-0.25, -0.2) is 4.98 Å². The molecule has 2 nitrogen and oxygen atoms in total. The molecule has 0 radical (unpaired) electrons. The van der Waals surface area contributed by atoms with Gasteiger partial charge < -0.3 is 5.32 Å². The first-order chi connectivity index (χ1) is 8.58. The summed E-state index contributed by atoms with van der Waals surface area (Å²) in [5.74, 6) is 1.71. The molecular weight excluding hydrogens is 244 g/mol. The third-order valence-corrected chi connectivity index (χ3v) is 4.46. The minimum absolute atomic E-state index is 0.556. The average Bonchev–Trinajstić information content (AvgIpc) is 2.34. The maximum Gasteiger partial charge on any atom is 0.152 e. The summed E-state index contributed by atoms with van der Waals surface area (Å²) in [5.41, 5.74) is 2.20. The van der Waals surface area contributed by atoms with E-state index in [0.717, 1.165) is 17.5 Å². The highest BCUT2D eigenvalue weighted by Gasteiger charge is 2.23. The summed E-state index contributed by atoms with van der Waals surface area (Å²) in [6, 6.07) is 2.56. The van der Waals surface area contributed by atoms with Gasteiger partial charge >= 0.3 is 0 Å². The molecule has 0 atom stereocenters. The Morgan fingerprint density at radius 3 is 2.50 bits per heavy atom. The van der Waals surface area contributed by atoms with E-state index in [0.29, 0.717) is 11.2 Å². The number of pyridine rings is 1. The van der Waals surface area contributed by atoms with E-state index in [1.807, 2.05) is 6.07 Å². The molecule has 1 heterocycles. The van der Waals surface area contributed by atoms with Crippen LogP contribution in [0.25, 0.3) is 0 Å². The van der Waals surface area contributed by atoms with Gasteiger partial charge in [-0.2, -0.15) is 0 Å². The monoisotopic (exact) mass is 266 g/mol. The number of anilines is 1. The Labute approximate surface area is 115 Å². The van der Waals surface area contributed by atoms with Crippen molar-refractivity contribution >= 4 is 17.3 Å². The normalized spacial score (nSPS) is 24.3. The first-order valence-electron chi connectivity index (χ1n) is 6.95. The first-order valence-corrected chi connectivity index (χ1v) is 7.33. The predicted molar refractivity (Wildman–Crippen MR) is 78.2 cm³/mol. The Morgan fingerprint density at radius 1 is 1.28 bits per heavy atom. The molecule has 0 spiro atoms. The lowest BCUT2D eigenvalue weighted by Gasteiger charge is -2.32. The summed E-state index contributed by atoms with van der Waals surface area (Å²) in [7, 11) is 0. The SMILES string of the molecule is Cc1ccnc(Cl)c1NC1CCC(C(C)C)CC1.